The van der Waals surface area contributed by atoms with Crippen LogP contribution in [0.4, 0.5) is 0 Å². The Kier molecular flexibility index (Phi) is 5.45. The van der Waals surface area contributed by atoms with Crippen LogP contribution in [-0.2, 0) is 24.8 Å². The summed E-state index contributed by atoms with van der Waals surface area (Å²) in [7, 11) is 2.02. The summed E-state index contributed by atoms with van der Waals surface area (Å²) in [6.07, 6.45) is 1.52. The number of hydrogen-bond acceptors (Lipinski definition) is 3. The van der Waals surface area contributed by atoms with Crippen LogP contribution in [0.3, 0.4) is 0 Å². The normalized spacial score (nSPS) is 24.9. The smallest absolute Gasteiger partial charge is 0.0802 e. The molecular formula is C13H21Br2N3O. The van der Waals surface area contributed by atoms with Gasteiger partial charge in [-0.3, -0.25) is 9.58 Å². The highest BCUT2D eigenvalue weighted by atomic mass is 79.9. The molecule has 0 aromatic carbocycles. The lowest BCUT2D eigenvalue weighted by molar-refractivity contribution is -0.0683. The van der Waals surface area contributed by atoms with Gasteiger partial charge < -0.3 is 4.74 Å². The molecule has 6 heteroatoms. The largest absolute Gasteiger partial charge is 0.372 e. The Morgan fingerprint density at radius 1 is 1.42 bits per heavy atom. The summed E-state index contributed by atoms with van der Waals surface area (Å²) in [6.45, 7) is 7.13. The van der Waals surface area contributed by atoms with Gasteiger partial charge in [0.2, 0.25) is 0 Å². The first-order chi connectivity index (χ1) is 9.05. The summed E-state index contributed by atoms with van der Waals surface area (Å²) in [5.74, 6) is 0. The number of morpholine rings is 1. The zero-order valence-electron chi connectivity index (χ0n) is 11.7. The van der Waals surface area contributed by atoms with Crippen molar-refractivity contribution in [2.24, 2.45) is 7.05 Å². The SMILES string of the molecule is CCc1nn(C)c(CN2CC(C)OC(CBr)C2)c1Br. The molecule has 0 amide bonds. The second-order valence-electron chi connectivity index (χ2n) is 5.10. The number of ether oxygens (including phenoxy) is 1. The molecule has 1 saturated heterocycles. The van der Waals surface area contributed by atoms with Crippen molar-refractivity contribution in [3.63, 3.8) is 0 Å². The van der Waals surface area contributed by atoms with Gasteiger partial charge in [0.25, 0.3) is 0 Å². The quantitative estimate of drug-likeness (QED) is 0.735. The molecule has 0 bridgehead atoms. The third kappa shape index (κ3) is 3.60. The standard InChI is InChI=1S/C13H21Br2N3O/c1-4-11-13(15)12(17(3)16-11)8-18-6-9(2)19-10(5-14)7-18/h9-10H,4-8H2,1-3H3. The lowest BCUT2D eigenvalue weighted by Crippen LogP contribution is -2.46. The van der Waals surface area contributed by atoms with Gasteiger partial charge in [-0.1, -0.05) is 22.9 Å². The molecule has 2 heterocycles. The fourth-order valence-corrected chi connectivity index (χ4v) is 3.66. The molecule has 2 atom stereocenters. The summed E-state index contributed by atoms with van der Waals surface area (Å²) in [4.78, 5) is 2.45. The first kappa shape index (κ1) is 15.5. The highest BCUT2D eigenvalue weighted by Gasteiger charge is 2.26. The van der Waals surface area contributed by atoms with Crippen LogP contribution >= 0.6 is 31.9 Å². The van der Waals surface area contributed by atoms with Gasteiger partial charge in [-0.15, -0.1) is 0 Å². The highest BCUT2D eigenvalue weighted by molar-refractivity contribution is 9.10. The molecule has 0 spiro atoms. The Bertz CT molecular complexity index is 436. The molecule has 0 radical (unpaired) electrons. The van der Waals surface area contributed by atoms with Crippen molar-refractivity contribution in [1.29, 1.82) is 0 Å². The minimum atomic E-state index is 0.279. The van der Waals surface area contributed by atoms with E-state index in [1.165, 1.54) is 5.69 Å². The van der Waals surface area contributed by atoms with Crippen molar-refractivity contribution < 1.29 is 4.74 Å². The van der Waals surface area contributed by atoms with Gasteiger partial charge in [0.15, 0.2) is 0 Å². The van der Waals surface area contributed by atoms with Gasteiger partial charge in [-0.2, -0.15) is 5.10 Å². The average molecular weight is 395 g/mol. The zero-order valence-corrected chi connectivity index (χ0v) is 14.9. The first-order valence-corrected chi connectivity index (χ1v) is 8.60. The number of hydrogen-bond donors (Lipinski definition) is 0. The predicted molar refractivity (Wildman–Crippen MR) is 83.7 cm³/mol. The number of rotatable bonds is 4. The van der Waals surface area contributed by atoms with E-state index in [2.05, 4.69) is 55.7 Å². The molecule has 0 N–H and O–H groups in total. The molecule has 1 aliphatic rings. The molecule has 1 aromatic rings. The minimum absolute atomic E-state index is 0.279. The monoisotopic (exact) mass is 393 g/mol. The van der Waals surface area contributed by atoms with E-state index in [0.717, 1.165) is 41.6 Å². The third-order valence-electron chi connectivity index (χ3n) is 3.45. The number of aryl methyl sites for hydroxylation is 2. The van der Waals surface area contributed by atoms with Crippen LogP contribution in [0.25, 0.3) is 0 Å². The molecule has 0 aliphatic carbocycles. The van der Waals surface area contributed by atoms with Crippen LogP contribution in [0.2, 0.25) is 0 Å². The van der Waals surface area contributed by atoms with Gasteiger partial charge in [-0.25, -0.2) is 0 Å². The molecule has 2 rings (SSSR count). The van der Waals surface area contributed by atoms with E-state index in [0.29, 0.717) is 0 Å². The number of aromatic nitrogens is 2. The summed E-state index contributed by atoms with van der Waals surface area (Å²) in [5, 5.41) is 5.44. The van der Waals surface area contributed by atoms with Gasteiger partial charge in [0, 0.05) is 32.0 Å². The van der Waals surface area contributed by atoms with Crippen molar-refractivity contribution in [1.82, 2.24) is 14.7 Å². The molecule has 4 nitrogen and oxygen atoms in total. The number of alkyl halides is 1. The molecule has 108 valence electrons. The maximum atomic E-state index is 5.87. The lowest BCUT2D eigenvalue weighted by atomic mass is 10.2. The fourth-order valence-electron chi connectivity index (χ4n) is 2.56. The van der Waals surface area contributed by atoms with E-state index >= 15 is 0 Å². The Morgan fingerprint density at radius 3 is 2.74 bits per heavy atom. The van der Waals surface area contributed by atoms with Crippen molar-refractivity contribution in [3.05, 3.63) is 15.9 Å². The van der Waals surface area contributed by atoms with Crippen molar-refractivity contribution >= 4 is 31.9 Å². The molecule has 1 aliphatic heterocycles. The van der Waals surface area contributed by atoms with Crippen molar-refractivity contribution in [2.75, 3.05) is 18.4 Å². The second kappa shape index (κ2) is 6.70. The maximum Gasteiger partial charge on any atom is 0.0802 e. The van der Waals surface area contributed by atoms with Crippen LogP contribution in [-0.4, -0.2) is 45.3 Å². The Balaban J connectivity index is 2.10. The zero-order chi connectivity index (χ0) is 14.0. The summed E-state index contributed by atoms with van der Waals surface area (Å²) >= 11 is 7.20. The van der Waals surface area contributed by atoms with E-state index in [1.807, 2.05) is 11.7 Å². The van der Waals surface area contributed by atoms with Crippen molar-refractivity contribution in [3.8, 4) is 0 Å². The van der Waals surface area contributed by atoms with Gasteiger partial charge in [0.05, 0.1) is 28.1 Å². The first-order valence-electron chi connectivity index (χ1n) is 6.69. The van der Waals surface area contributed by atoms with Crippen LogP contribution in [0.5, 0.6) is 0 Å². The van der Waals surface area contributed by atoms with E-state index < -0.39 is 0 Å². The van der Waals surface area contributed by atoms with E-state index in [4.69, 9.17) is 4.74 Å². The van der Waals surface area contributed by atoms with Crippen LogP contribution in [0.15, 0.2) is 4.47 Å². The second-order valence-corrected chi connectivity index (χ2v) is 6.54. The highest BCUT2D eigenvalue weighted by Crippen LogP contribution is 2.24. The molecule has 19 heavy (non-hydrogen) atoms. The van der Waals surface area contributed by atoms with Crippen molar-refractivity contribution in [2.45, 2.75) is 39.0 Å². The Labute approximate surface area is 131 Å². The molecule has 1 fully saturated rings. The molecule has 1 aromatic heterocycles. The lowest BCUT2D eigenvalue weighted by Gasteiger charge is -2.36. The minimum Gasteiger partial charge on any atom is -0.372 e. The van der Waals surface area contributed by atoms with Gasteiger partial charge in [-0.05, 0) is 29.3 Å². The van der Waals surface area contributed by atoms with E-state index in [-0.39, 0.29) is 12.2 Å². The van der Waals surface area contributed by atoms with E-state index in [1.54, 1.807) is 0 Å². The van der Waals surface area contributed by atoms with Gasteiger partial charge in [0.1, 0.15) is 0 Å². The Morgan fingerprint density at radius 2 is 2.16 bits per heavy atom. The summed E-state index contributed by atoms with van der Waals surface area (Å²) in [6, 6.07) is 0. The maximum absolute atomic E-state index is 5.87. The fraction of sp³-hybridized carbons (Fsp3) is 0.769. The number of halogens is 2. The molecular weight excluding hydrogens is 374 g/mol. The summed E-state index contributed by atoms with van der Waals surface area (Å²) in [5.41, 5.74) is 2.38. The van der Waals surface area contributed by atoms with Crippen LogP contribution in [0.1, 0.15) is 25.2 Å². The predicted octanol–water partition coefficient (Wildman–Crippen LogP) is 2.73. The van der Waals surface area contributed by atoms with E-state index in [9.17, 15) is 0 Å². The molecule has 2 unspecified atom stereocenters. The van der Waals surface area contributed by atoms with Gasteiger partial charge >= 0.3 is 0 Å². The summed E-state index contributed by atoms with van der Waals surface area (Å²) < 4.78 is 9.02. The molecule has 0 saturated carbocycles. The Hall–Kier alpha value is 0.0900. The van der Waals surface area contributed by atoms with Crippen LogP contribution < -0.4 is 0 Å². The average Bonchev–Trinajstić information content (AvgIpc) is 2.65. The number of nitrogens with zero attached hydrogens (tertiary/aromatic N) is 3. The topological polar surface area (TPSA) is 30.3 Å². The third-order valence-corrected chi connectivity index (χ3v) is 5.09. The van der Waals surface area contributed by atoms with Crippen LogP contribution in [0, 0.1) is 0 Å².